The molecule has 1 unspecified atom stereocenters. The Morgan fingerprint density at radius 1 is 1.35 bits per heavy atom. The first kappa shape index (κ1) is 17.4. The van der Waals surface area contributed by atoms with Gasteiger partial charge in [0.2, 0.25) is 0 Å². The molecule has 0 bridgehead atoms. The predicted octanol–water partition coefficient (Wildman–Crippen LogP) is 3.01. The number of nitrogens with zero attached hydrogens (tertiary/aromatic N) is 2. The molecule has 1 atom stereocenters. The van der Waals surface area contributed by atoms with E-state index in [1.807, 2.05) is 53.2 Å². The Labute approximate surface area is 157 Å². The number of aromatic nitrogens is 1. The van der Waals surface area contributed by atoms with Crippen LogP contribution in [0.1, 0.15) is 22.3 Å². The molecule has 1 spiro atoms. The van der Waals surface area contributed by atoms with Gasteiger partial charge in [0.1, 0.15) is 5.75 Å². The number of methoxy groups -OCH3 is 1. The first-order valence-electron chi connectivity index (χ1n) is 8.75. The SMILES string of the molecule is COc1cccc(C(=O)N2CC3(CC(OCc4cccnc4)CS3)C2)c1. The number of ether oxygens (including phenoxy) is 2. The maximum atomic E-state index is 12.7. The molecule has 26 heavy (non-hydrogen) atoms. The molecular weight excluding hydrogens is 348 g/mol. The third kappa shape index (κ3) is 3.57. The number of likely N-dealkylation sites (tertiary alicyclic amines) is 1. The van der Waals surface area contributed by atoms with E-state index in [0.29, 0.717) is 17.9 Å². The summed E-state index contributed by atoms with van der Waals surface area (Å²) < 4.78 is 11.4. The zero-order valence-electron chi connectivity index (χ0n) is 14.8. The van der Waals surface area contributed by atoms with Gasteiger partial charge >= 0.3 is 0 Å². The van der Waals surface area contributed by atoms with Gasteiger partial charge in [0.25, 0.3) is 5.91 Å². The maximum absolute atomic E-state index is 12.7. The van der Waals surface area contributed by atoms with Crippen LogP contribution in [-0.2, 0) is 11.3 Å². The fourth-order valence-corrected chi connectivity index (χ4v) is 5.11. The largest absolute Gasteiger partial charge is 0.497 e. The summed E-state index contributed by atoms with van der Waals surface area (Å²) >= 11 is 1.94. The molecule has 2 saturated heterocycles. The van der Waals surface area contributed by atoms with Crippen molar-refractivity contribution in [3.63, 3.8) is 0 Å². The predicted molar refractivity (Wildman–Crippen MR) is 102 cm³/mol. The van der Waals surface area contributed by atoms with E-state index in [1.54, 1.807) is 19.4 Å². The lowest BCUT2D eigenvalue weighted by molar-refractivity contribution is 0.0254. The van der Waals surface area contributed by atoms with Gasteiger partial charge in [0.05, 0.1) is 24.6 Å². The van der Waals surface area contributed by atoms with Crippen molar-refractivity contribution >= 4 is 17.7 Å². The second-order valence-electron chi connectivity index (χ2n) is 6.89. The van der Waals surface area contributed by atoms with E-state index in [2.05, 4.69) is 4.98 Å². The minimum absolute atomic E-state index is 0.0786. The van der Waals surface area contributed by atoms with Crippen LogP contribution in [0.15, 0.2) is 48.8 Å². The summed E-state index contributed by atoms with van der Waals surface area (Å²) in [5.74, 6) is 1.78. The van der Waals surface area contributed by atoms with E-state index in [9.17, 15) is 4.79 Å². The van der Waals surface area contributed by atoms with Gasteiger partial charge in [-0.25, -0.2) is 0 Å². The van der Waals surface area contributed by atoms with Crippen LogP contribution in [-0.4, -0.2) is 52.6 Å². The molecule has 2 fully saturated rings. The zero-order chi connectivity index (χ0) is 18.0. The summed E-state index contributed by atoms with van der Waals surface area (Å²) in [6.07, 6.45) is 4.86. The highest BCUT2D eigenvalue weighted by molar-refractivity contribution is 8.01. The summed E-state index contributed by atoms with van der Waals surface area (Å²) in [5, 5.41) is 0. The second-order valence-corrected chi connectivity index (χ2v) is 8.37. The fourth-order valence-electron chi connectivity index (χ4n) is 3.56. The number of carbonyl (C=O) groups is 1. The molecular formula is C20H22N2O3S. The van der Waals surface area contributed by atoms with Gasteiger partial charge in [-0.15, -0.1) is 11.8 Å². The van der Waals surface area contributed by atoms with E-state index in [4.69, 9.17) is 9.47 Å². The molecule has 2 aliphatic rings. The molecule has 2 aromatic rings. The quantitative estimate of drug-likeness (QED) is 0.810. The minimum atomic E-state index is 0.0786. The normalized spacial score (nSPS) is 20.8. The average molecular weight is 370 g/mol. The minimum Gasteiger partial charge on any atom is -0.497 e. The number of hydrogen-bond donors (Lipinski definition) is 0. The first-order chi connectivity index (χ1) is 12.7. The Kier molecular flexibility index (Phi) is 4.87. The average Bonchev–Trinajstić information content (AvgIpc) is 3.10. The number of thioether (sulfide) groups is 1. The smallest absolute Gasteiger partial charge is 0.254 e. The van der Waals surface area contributed by atoms with Gasteiger partial charge in [-0.3, -0.25) is 9.78 Å². The summed E-state index contributed by atoms with van der Waals surface area (Å²) in [6, 6.07) is 11.3. The van der Waals surface area contributed by atoms with Gasteiger partial charge in [0, 0.05) is 36.8 Å². The van der Waals surface area contributed by atoms with E-state index in [-0.39, 0.29) is 16.8 Å². The maximum Gasteiger partial charge on any atom is 0.254 e. The van der Waals surface area contributed by atoms with Gasteiger partial charge in [0.15, 0.2) is 0 Å². The monoisotopic (exact) mass is 370 g/mol. The molecule has 0 saturated carbocycles. The highest BCUT2D eigenvalue weighted by Crippen LogP contribution is 2.46. The van der Waals surface area contributed by atoms with Crippen LogP contribution in [0.4, 0.5) is 0 Å². The van der Waals surface area contributed by atoms with Crippen LogP contribution in [0, 0.1) is 0 Å². The number of pyridine rings is 1. The Hall–Kier alpha value is -2.05. The number of benzene rings is 1. The second kappa shape index (κ2) is 7.29. The van der Waals surface area contributed by atoms with Crippen LogP contribution in [0.25, 0.3) is 0 Å². The van der Waals surface area contributed by atoms with Gasteiger partial charge in [-0.2, -0.15) is 0 Å². The van der Waals surface area contributed by atoms with Crippen molar-refractivity contribution in [1.82, 2.24) is 9.88 Å². The third-order valence-corrected chi connectivity index (χ3v) is 6.52. The Morgan fingerprint density at radius 2 is 2.23 bits per heavy atom. The lowest BCUT2D eigenvalue weighted by Gasteiger charge is -2.47. The summed E-state index contributed by atoms with van der Waals surface area (Å²) in [6.45, 7) is 2.18. The number of rotatable bonds is 5. The fraction of sp³-hybridized carbons (Fsp3) is 0.400. The van der Waals surface area contributed by atoms with Crippen LogP contribution in [0.2, 0.25) is 0 Å². The molecule has 1 amide bonds. The van der Waals surface area contributed by atoms with E-state index >= 15 is 0 Å². The molecule has 0 N–H and O–H groups in total. The van der Waals surface area contributed by atoms with Crippen molar-refractivity contribution < 1.29 is 14.3 Å². The Morgan fingerprint density at radius 3 is 3.00 bits per heavy atom. The molecule has 136 valence electrons. The number of carbonyl (C=O) groups excluding carboxylic acids is 1. The first-order valence-corrected chi connectivity index (χ1v) is 9.74. The molecule has 0 aliphatic carbocycles. The molecule has 2 aliphatic heterocycles. The number of hydrogen-bond acceptors (Lipinski definition) is 5. The molecule has 3 heterocycles. The van der Waals surface area contributed by atoms with Crippen molar-refractivity contribution in [3.05, 3.63) is 59.9 Å². The van der Waals surface area contributed by atoms with Crippen molar-refractivity contribution in [1.29, 1.82) is 0 Å². The van der Waals surface area contributed by atoms with Gasteiger partial charge < -0.3 is 14.4 Å². The highest BCUT2D eigenvalue weighted by atomic mass is 32.2. The molecule has 0 radical (unpaired) electrons. The van der Waals surface area contributed by atoms with Crippen LogP contribution >= 0.6 is 11.8 Å². The van der Waals surface area contributed by atoms with E-state index in [0.717, 1.165) is 30.8 Å². The molecule has 1 aromatic heterocycles. The van der Waals surface area contributed by atoms with Crippen molar-refractivity contribution in [2.24, 2.45) is 0 Å². The van der Waals surface area contributed by atoms with Crippen LogP contribution in [0.3, 0.4) is 0 Å². The van der Waals surface area contributed by atoms with E-state index < -0.39 is 0 Å². The molecule has 4 rings (SSSR count). The van der Waals surface area contributed by atoms with Crippen LogP contribution in [0.5, 0.6) is 5.75 Å². The standard InChI is InChI=1S/C20H22N2O3S/c1-24-17-6-2-5-16(8-17)19(23)22-13-20(14-22)9-18(12-26-20)25-11-15-4-3-7-21-10-15/h2-8,10,18H,9,11-14H2,1H3. The third-order valence-electron chi connectivity index (χ3n) is 4.95. The highest BCUT2D eigenvalue weighted by Gasteiger charge is 2.51. The van der Waals surface area contributed by atoms with Crippen molar-refractivity contribution in [3.8, 4) is 5.75 Å². The lowest BCUT2D eigenvalue weighted by atomic mass is 9.92. The Bertz CT molecular complexity index is 778. The summed E-state index contributed by atoms with van der Waals surface area (Å²) in [5.41, 5.74) is 1.79. The number of amides is 1. The summed E-state index contributed by atoms with van der Waals surface area (Å²) in [4.78, 5) is 18.7. The lowest BCUT2D eigenvalue weighted by Crippen LogP contribution is -2.60. The zero-order valence-corrected chi connectivity index (χ0v) is 15.6. The Balaban J connectivity index is 1.29. The van der Waals surface area contributed by atoms with Crippen molar-refractivity contribution in [2.75, 3.05) is 26.0 Å². The molecule has 5 nitrogen and oxygen atoms in total. The topological polar surface area (TPSA) is 51.7 Å². The van der Waals surface area contributed by atoms with Crippen molar-refractivity contribution in [2.45, 2.75) is 23.9 Å². The molecule has 6 heteroatoms. The van der Waals surface area contributed by atoms with Gasteiger partial charge in [-0.1, -0.05) is 12.1 Å². The summed E-state index contributed by atoms with van der Waals surface area (Å²) in [7, 11) is 1.61. The van der Waals surface area contributed by atoms with Gasteiger partial charge in [-0.05, 0) is 36.2 Å². The van der Waals surface area contributed by atoms with E-state index in [1.165, 1.54) is 0 Å². The van der Waals surface area contributed by atoms with Crippen LogP contribution < -0.4 is 4.74 Å². The molecule has 1 aromatic carbocycles.